The number of amides is 3. The van der Waals surface area contributed by atoms with Gasteiger partial charge >= 0.3 is 18.3 Å². The van der Waals surface area contributed by atoms with E-state index in [-0.39, 0.29) is 19.0 Å². The molecular formula is C33H40F7N5O6. The third kappa shape index (κ3) is 10.0. The Morgan fingerprint density at radius 1 is 1.00 bits per heavy atom. The molecule has 2 aliphatic rings. The van der Waals surface area contributed by atoms with E-state index in [0.717, 1.165) is 18.0 Å². The van der Waals surface area contributed by atoms with Gasteiger partial charge in [0.05, 0.1) is 17.8 Å². The van der Waals surface area contributed by atoms with Crippen molar-refractivity contribution in [3.8, 4) is 5.75 Å². The lowest BCUT2D eigenvalue weighted by Crippen LogP contribution is -2.60. The fourth-order valence-corrected chi connectivity index (χ4v) is 5.67. The van der Waals surface area contributed by atoms with Crippen molar-refractivity contribution in [1.29, 1.82) is 0 Å². The SMILES string of the molecule is CC(C)C(NC(=O)c1cc(C(F)(F)F)ccc1F)C(=O)N1CCC2(CC1)C(=O)N(C)CN2c1ccc(OCCN(C)C)cc1.O=C(O)C(F)(F)F. The molecule has 2 aromatic rings. The van der Waals surface area contributed by atoms with Gasteiger partial charge in [-0.3, -0.25) is 14.4 Å². The second-order valence-electron chi connectivity index (χ2n) is 12.8. The number of carbonyl (C=O) groups is 4. The monoisotopic (exact) mass is 735 g/mol. The van der Waals surface area contributed by atoms with Crippen molar-refractivity contribution >= 4 is 29.4 Å². The number of nitrogens with zero attached hydrogens (tertiary/aromatic N) is 4. The number of carbonyl (C=O) groups excluding carboxylic acids is 3. The number of alkyl halides is 6. The summed E-state index contributed by atoms with van der Waals surface area (Å²) in [6.45, 7) is 5.49. The van der Waals surface area contributed by atoms with Gasteiger partial charge in [0, 0.05) is 32.4 Å². The van der Waals surface area contributed by atoms with Crippen molar-refractivity contribution in [2.75, 3.05) is 59.0 Å². The Labute approximate surface area is 289 Å². The van der Waals surface area contributed by atoms with E-state index < -0.39 is 64.6 Å². The van der Waals surface area contributed by atoms with Gasteiger partial charge in [0.2, 0.25) is 11.8 Å². The lowest BCUT2D eigenvalue weighted by atomic mass is 9.85. The standard InChI is InChI=1S/C31H39F4N5O4.C2HF3O2/c1-20(2)26(36-27(41)24-18-21(31(33,34)35)6-11-25(24)32)28(42)39-14-12-30(13-15-39)29(43)38(5)19-40(30)22-7-9-23(10-8-22)44-17-16-37(3)4;3-2(4,5)1(6)7/h6-11,18,20,26H,12-17,19H2,1-5H3,(H,36,41);(H,6,7). The predicted molar refractivity (Wildman–Crippen MR) is 170 cm³/mol. The summed E-state index contributed by atoms with van der Waals surface area (Å²) in [7, 11) is 5.66. The fraction of sp³-hybridized carbons (Fsp3) is 0.515. The van der Waals surface area contributed by atoms with Crippen LogP contribution in [0.15, 0.2) is 42.5 Å². The number of hydrogen-bond donors (Lipinski definition) is 2. The van der Waals surface area contributed by atoms with Gasteiger partial charge in [0.15, 0.2) is 0 Å². The van der Waals surface area contributed by atoms with Crippen LogP contribution in [0.5, 0.6) is 5.75 Å². The summed E-state index contributed by atoms with van der Waals surface area (Å²) in [6.07, 6.45) is -9.17. The molecule has 51 heavy (non-hydrogen) atoms. The minimum Gasteiger partial charge on any atom is -0.492 e. The number of benzene rings is 2. The molecule has 18 heteroatoms. The maximum Gasteiger partial charge on any atom is 0.490 e. The molecule has 2 heterocycles. The normalized spacial score (nSPS) is 16.7. The first kappa shape index (κ1) is 40.8. The van der Waals surface area contributed by atoms with Crippen molar-refractivity contribution in [3.05, 3.63) is 59.4 Å². The number of hydrogen-bond acceptors (Lipinski definition) is 7. The van der Waals surface area contributed by atoms with Crippen molar-refractivity contribution < 1.29 is 59.8 Å². The van der Waals surface area contributed by atoms with Crippen LogP contribution in [0.25, 0.3) is 0 Å². The Morgan fingerprint density at radius 3 is 2.06 bits per heavy atom. The molecule has 1 unspecified atom stereocenters. The maximum atomic E-state index is 14.4. The highest BCUT2D eigenvalue weighted by molar-refractivity contribution is 5.98. The Balaban J connectivity index is 0.000000908. The fourth-order valence-electron chi connectivity index (χ4n) is 5.67. The molecule has 0 aromatic heterocycles. The average molecular weight is 736 g/mol. The number of nitrogens with one attached hydrogen (secondary N) is 1. The molecule has 0 saturated carbocycles. The molecule has 0 bridgehead atoms. The van der Waals surface area contributed by atoms with Crippen LogP contribution in [-0.2, 0) is 20.6 Å². The molecule has 3 amide bonds. The molecule has 1 spiro atoms. The summed E-state index contributed by atoms with van der Waals surface area (Å²) in [5.41, 5.74) is -1.98. The van der Waals surface area contributed by atoms with E-state index in [1.807, 2.05) is 48.2 Å². The number of carboxylic acid groups (broad SMARTS) is 1. The average Bonchev–Trinajstić information content (AvgIpc) is 3.27. The first-order valence-electron chi connectivity index (χ1n) is 15.8. The van der Waals surface area contributed by atoms with E-state index >= 15 is 0 Å². The molecule has 0 radical (unpaired) electrons. The molecule has 2 aliphatic heterocycles. The third-order valence-corrected chi connectivity index (χ3v) is 8.47. The molecule has 2 fully saturated rings. The van der Waals surface area contributed by atoms with E-state index in [1.165, 1.54) is 0 Å². The summed E-state index contributed by atoms with van der Waals surface area (Å²) in [4.78, 5) is 56.1. The maximum absolute atomic E-state index is 14.4. The van der Waals surface area contributed by atoms with Gasteiger partial charge in [-0.15, -0.1) is 0 Å². The molecular weight excluding hydrogens is 695 g/mol. The van der Waals surface area contributed by atoms with Crippen LogP contribution in [0.2, 0.25) is 0 Å². The zero-order chi connectivity index (χ0) is 38.5. The summed E-state index contributed by atoms with van der Waals surface area (Å²) in [5, 5.41) is 9.57. The third-order valence-electron chi connectivity index (χ3n) is 8.47. The molecule has 1 atom stereocenters. The first-order chi connectivity index (χ1) is 23.6. The Kier molecular flexibility index (Phi) is 12.9. The number of carboxylic acids is 1. The number of halogens is 7. The molecule has 0 aliphatic carbocycles. The topological polar surface area (TPSA) is 123 Å². The zero-order valence-corrected chi connectivity index (χ0v) is 28.6. The van der Waals surface area contributed by atoms with Gasteiger partial charge in [0.1, 0.15) is 29.8 Å². The molecule has 2 saturated heterocycles. The second kappa shape index (κ2) is 16.2. The highest BCUT2D eigenvalue weighted by Crippen LogP contribution is 2.40. The molecule has 4 rings (SSSR count). The number of rotatable bonds is 9. The van der Waals surface area contributed by atoms with Crippen LogP contribution in [0.4, 0.5) is 36.4 Å². The summed E-state index contributed by atoms with van der Waals surface area (Å²) >= 11 is 0. The lowest BCUT2D eigenvalue weighted by molar-refractivity contribution is -0.192. The van der Waals surface area contributed by atoms with Crippen LogP contribution in [0.3, 0.4) is 0 Å². The van der Waals surface area contributed by atoms with E-state index in [1.54, 1.807) is 30.7 Å². The van der Waals surface area contributed by atoms with E-state index in [9.17, 15) is 45.1 Å². The van der Waals surface area contributed by atoms with E-state index in [2.05, 4.69) is 5.32 Å². The number of anilines is 1. The Morgan fingerprint density at radius 2 is 1.57 bits per heavy atom. The number of ether oxygens (including phenoxy) is 1. The van der Waals surface area contributed by atoms with Crippen LogP contribution in [-0.4, -0.2) is 115 Å². The smallest absolute Gasteiger partial charge is 0.490 e. The van der Waals surface area contributed by atoms with Crippen LogP contribution >= 0.6 is 0 Å². The Bertz CT molecular complexity index is 1560. The first-order valence-corrected chi connectivity index (χ1v) is 15.8. The van der Waals surface area contributed by atoms with Gasteiger partial charge in [-0.05, 0) is 75.3 Å². The second-order valence-corrected chi connectivity index (χ2v) is 12.8. The summed E-state index contributed by atoms with van der Waals surface area (Å²) in [6, 6.07) is 8.02. The van der Waals surface area contributed by atoms with Crippen LogP contribution in [0, 0.1) is 11.7 Å². The van der Waals surface area contributed by atoms with Gasteiger partial charge < -0.3 is 34.8 Å². The zero-order valence-electron chi connectivity index (χ0n) is 28.6. The van der Waals surface area contributed by atoms with Gasteiger partial charge in [-0.2, -0.15) is 26.3 Å². The van der Waals surface area contributed by atoms with Crippen molar-refractivity contribution in [1.82, 2.24) is 20.0 Å². The number of piperidine rings is 1. The molecule has 11 nitrogen and oxygen atoms in total. The van der Waals surface area contributed by atoms with E-state index in [4.69, 9.17) is 14.6 Å². The van der Waals surface area contributed by atoms with E-state index in [0.29, 0.717) is 44.3 Å². The van der Waals surface area contributed by atoms with Crippen molar-refractivity contribution in [3.63, 3.8) is 0 Å². The highest BCUT2D eigenvalue weighted by atomic mass is 19.4. The largest absolute Gasteiger partial charge is 0.492 e. The van der Waals surface area contributed by atoms with Crippen LogP contribution in [0.1, 0.15) is 42.6 Å². The lowest BCUT2D eigenvalue weighted by Gasteiger charge is -2.44. The molecule has 282 valence electrons. The summed E-state index contributed by atoms with van der Waals surface area (Å²) in [5.74, 6) is -5.21. The minimum absolute atomic E-state index is 0.0513. The predicted octanol–water partition coefficient (Wildman–Crippen LogP) is 4.47. The number of likely N-dealkylation sites (N-methyl/N-ethyl adjacent to an activating group) is 2. The van der Waals surface area contributed by atoms with Crippen molar-refractivity contribution in [2.45, 2.75) is 50.6 Å². The van der Waals surface area contributed by atoms with Crippen LogP contribution < -0.4 is 15.0 Å². The number of aliphatic carboxylic acids is 1. The molecule has 2 N–H and O–H groups in total. The minimum atomic E-state index is -5.08. The van der Waals surface area contributed by atoms with Gasteiger partial charge in [0.25, 0.3) is 5.91 Å². The highest BCUT2D eigenvalue weighted by Gasteiger charge is 2.53. The van der Waals surface area contributed by atoms with Gasteiger partial charge in [-0.1, -0.05) is 13.8 Å². The molecule has 2 aromatic carbocycles. The van der Waals surface area contributed by atoms with Gasteiger partial charge in [-0.25, -0.2) is 9.18 Å². The quantitative estimate of drug-likeness (QED) is 0.362. The Hall–Kier alpha value is -4.61. The number of likely N-dealkylation sites (tertiary alicyclic amines) is 1. The van der Waals surface area contributed by atoms with Crippen molar-refractivity contribution in [2.24, 2.45) is 5.92 Å². The summed E-state index contributed by atoms with van der Waals surface area (Å²) < 4.78 is 91.4.